The predicted molar refractivity (Wildman–Crippen MR) is 76.3 cm³/mol. The highest BCUT2D eigenvalue weighted by molar-refractivity contribution is 6.33. The third-order valence-electron chi connectivity index (χ3n) is 3.10. The molecule has 0 aromatic heterocycles. The molecule has 1 atom stereocenters. The molecule has 118 valence electrons. The van der Waals surface area contributed by atoms with Gasteiger partial charge in [-0.3, -0.25) is 4.79 Å². The summed E-state index contributed by atoms with van der Waals surface area (Å²) in [6.07, 6.45) is 8.03. The van der Waals surface area contributed by atoms with Crippen LogP contribution in [0, 0.1) is 0 Å². The van der Waals surface area contributed by atoms with Crippen LogP contribution in [-0.2, 0) is 14.3 Å². The number of hydrogen-bond donors (Lipinski definition) is 2. The van der Waals surface area contributed by atoms with Crippen LogP contribution in [0.3, 0.4) is 0 Å². The molecule has 5 heteroatoms. The molecule has 0 spiro atoms. The molecule has 0 rings (SSSR count). The van der Waals surface area contributed by atoms with Crippen molar-refractivity contribution in [3.8, 4) is 0 Å². The van der Waals surface area contributed by atoms with Crippen molar-refractivity contribution in [3.63, 3.8) is 0 Å². The maximum Gasteiger partial charge on any atom is 0.374 e. The summed E-state index contributed by atoms with van der Waals surface area (Å²) in [5, 5.41) is 17.5. The third-order valence-corrected chi connectivity index (χ3v) is 3.10. The Labute approximate surface area is 121 Å². The first kappa shape index (κ1) is 19.1. The molecule has 0 fully saturated rings. The van der Waals surface area contributed by atoms with Gasteiger partial charge in [-0.2, -0.15) is 0 Å². The van der Waals surface area contributed by atoms with Gasteiger partial charge in [0.1, 0.15) is 12.7 Å². The van der Waals surface area contributed by atoms with Gasteiger partial charge in [0.15, 0.2) is 0 Å². The van der Waals surface area contributed by atoms with E-state index in [2.05, 4.69) is 11.7 Å². The summed E-state index contributed by atoms with van der Waals surface area (Å²) < 4.78 is 4.58. The highest BCUT2D eigenvalue weighted by Crippen LogP contribution is 2.09. The maximum absolute atomic E-state index is 11.4. The number of Topliss-reactive ketones (excluding diaryl/α,β-unsaturated/α-hetero) is 1. The second kappa shape index (κ2) is 13.1. The smallest absolute Gasteiger partial charge is 0.374 e. The molecule has 0 aromatic rings. The molecule has 0 amide bonds. The molecule has 0 aliphatic carbocycles. The Morgan fingerprint density at radius 1 is 1.00 bits per heavy atom. The average Bonchev–Trinajstić information content (AvgIpc) is 2.46. The van der Waals surface area contributed by atoms with Crippen molar-refractivity contribution in [1.82, 2.24) is 0 Å². The van der Waals surface area contributed by atoms with Crippen molar-refractivity contribution in [2.75, 3.05) is 13.2 Å². The molecule has 1 unspecified atom stereocenters. The summed E-state index contributed by atoms with van der Waals surface area (Å²) in [5.74, 6) is -1.47. The molecule has 0 saturated heterocycles. The van der Waals surface area contributed by atoms with Crippen molar-refractivity contribution in [2.24, 2.45) is 0 Å². The monoisotopic (exact) mass is 288 g/mol. The van der Waals surface area contributed by atoms with Gasteiger partial charge in [-0.1, -0.05) is 51.9 Å². The van der Waals surface area contributed by atoms with Gasteiger partial charge >= 0.3 is 5.97 Å². The van der Waals surface area contributed by atoms with Crippen LogP contribution >= 0.6 is 0 Å². The number of aliphatic hydroxyl groups is 2. The molecule has 0 radical (unpaired) electrons. The second-order valence-electron chi connectivity index (χ2n) is 5.08. The molecule has 0 aromatic carbocycles. The molecule has 2 N–H and O–H groups in total. The average molecular weight is 288 g/mol. The Bertz CT molecular complexity index is 265. The topological polar surface area (TPSA) is 83.8 Å². The van der Waals surface area contributed by atoms with Crippen LogP contribution in [0.25, 0.3) is 0 Å². The van der Waals surface area contributed by atoms with E-state index in [1.165, 1.54) is 32.1 Å². The third kappa shape index (κ3) is 10.9. The first-order valence-corrected chi connectivity index (χ1v) is 7.60. The molecule has 0 saturated carbocycles. The number of unbranched alkanes of at least 4 members (excludes halogenated alkanes) is 7. The molecule has 0 aliphatic heterocycles. The van der Waals surface area contributed by atoms with Crippen molar-refractivity contribution >= 4 is 11.8 Å². The minimum Gasteiger partial charge on any atom is -0.457 e. The van der Waals surface area contributed by atoms with E-state index in [0.29, 0.717) is 6.42 Å². The Kier molecular flexibility index (Phi) is 12.4. The number of rotatable bonds is 13. The van der Waals surface area contributed by atoms with E-state index < -0.39 is 24.5 Å². The van der Waals surface area contributed by atoms with E-state index in [-0.39, 0.29) is 13.0 Å². The van der Waals surface area contributed by atoms with Crippen LogP contribution in [0.2, 0.25) is 0 Å². The van der Waals surface area contributed by atoms with Gasteiger partial charge in [0.2, 0.25) is 5.78 Å². The number of carbonyl (C=O) groups excluding carboxylic acids is 2. The lowest BCUT2D eigenvalue weighted by Gasteiger charge is -2.07. The Morgan fingerprint density at radius 3 is 2.10 bits per heavy atom. The van der Waals surface area contributed by atoms with Crippen LogP contribution in [0.1, 0.15) is 64.7 Å². The minimum absolute atomic E-state index is 0.197. The second-order valence-corrected chi connectivity index (χ2v) is 5.08. The van der Waals surface area contributed by atoms with Crippen LogP contribution in [0.4, 0.5) is 0 Å². The fourth-order valence-electron chi connectivity index (χ4n) is 1.83. The number of esters is 1. The Balaban J connectivity index is 3.46. The molecular formula is C15H28O5. The van der Waals surface area contributed by atoms with E-state index in [0.717, 1.165) is 12.8 Å². The summed E-state index contributed by atoms with van der Waals surface area (Å²) in [6.45, 7) is 1.36. The van der Waals surface area contributed by atoms with Gasteiger partial charge in [-0.05, 0) is 6.42 Å². The van der Waals surface area contributed by atoms with E-state index >= 15 is 0 Å². The van der Waals surface area contributed by atoms with Gasteiger partial charge in [0, 0.05) is 6.42 Å². The quantitative estimate of drug-likeness (QED) is 0.307. The number of hydrogen-bond acceptors (Lipinski definition) is 5. The predicted octanol–water partition coefficient (Wildman–Crippen LogP) is 1.98. The SMILES string of the molecule is CCCCCCCCCCC(=O)C(=O)OCC(O)CO. The van der Waals surface area contributed by atoms with Crippen LogP contribution < -0.4 is 0 Å². The standard InChI is InChI=1S/C15H28O5/c1-2-3-4-5-6-7-8-9-10-14(18)15(19)20-12-13(17)11-16/h13,16-17H,2-12H2,1H3. The summed E-state index contributed by atoms with van der Waals surface area (Å²) in [4.78, 5) is 22.6. The van der Waals surface area contributed by atoms with Crippen LogP contribution in [0.15, 0.2) is 0 Å². The van der Waals surface area contributed by atoms with Gasteiger partial charge in [-0.25, -0.2) is 4.79 Å². The number of ketones is 1. The lowest BCUT2D eigenvalue weighted by atomic mass is 10.1. The zero-order chi connectivity index (χ0) is 15.2. The van der Waals surface area contributed by atoms with Crippen molar-refractivity contribution in [1.29, 1.82) is 0 Å². The Hall–Kier alpha value is -0.940. The molecule has 0 heterocycles. The summed E-state index contributed by atoms with van der Waals surface area (Å²) in [6, 6.07) is 0. The largest absolute Gasteiger partial charge is 0.457 e. The first-order chi connectivity index (χ1) is 9.61. The number of carbonyl (C=O) groups is 2. The maximum atomic E-state index is 11.4. The molecule has 5 nitrogen and oxygen atoms in total. The first-order valence-electron chi connectivity index (χ1n) is 7.60. The van der Waals surface area contributed by atoms with Crippen molar-refractivity contribution in [3.05, 3.63) is 0 Å². The zero-order valence-electron chi connectivity index (χ0n) is 12.5. The van der Waals surface area contributed by atoms with Crippen molar-refractivity contribution < 1.29 is 24.5 Å². The Morgan fingerprint density at radius 2 is 1.55 bits per heavy atom. The molecule has 20 heavy (non-hydrogen) atoms. The van der Waals surface area contributed by atoms with E-state index in [1.54, 1.807) is 0 Å². The van der Waals surface area contributed by atoms with Gasteiger partial charge in [0.25, 0.3) is 0 Å². The fraction of sp³-hybridized carbons (Fsp3) is 0.867. The molecule has 0 aliphatic rings. The number of aliphatic hydroxyl groups excluding tert-OH is 2. The van der Waals surface area contributed by atoms with Crippen LogP contribution in [0.5, 0.6) is 0 Å². The lowest BCUT2D eigenvalue weighted by molar-refractivity contribution is -0.156. The van der Waals surface area contributed by atoms with Gasteiger partial charge in [0.05, 0.1) is 6.61 Å². The van der Waals surface area contributed by atoms with Crippen LogP contribution in [-0.4, -0.2) is 41.3 Å². The molecule has 0 bridgehead atoms. The normalized spacial score (nSPS) is 12.2. The summed E-state index contributed by atoms with van der Waals surface area (Å²) in [7, 11) is 0. The van der Waals surface area contributed by atoms with Crippen molar-refractivity contribution in [2.45, 2.75) is 70.8 Å². The highest BCUT2D eigenvalue weighted by Gasteiger charge is 2.16. The summed E-state index contributed by atoms with van der Waals surface area (Å²) >= 11 is 0. The molecular weight excluding hydrogens is 260 g/mol. The zero-order valence-corrected chi connectivity index (χ0v) is 12.5. The van der Waals surface area contributed by atoms with E-state index in [1.807, 2.05) is 0 Å². The summed E-state index contributed by atoms with van der Waals surface area (Å²) in [5.41, 5.74) is 0. The lowest BCUT2D eigenvalue weighted by Crippen LogP contribution is -2.25. The van der Waals surface area contributed by atoms with E-state index in [4.69, 9.17) is 10.2 Å². The number of ether oxygens (including phenoxy) is 1. The highest BCUT2D eigenvalue weighted by atomic mass is 16.5. The fourth-order valence-corrected chi connectivity index (χ4v) is 1.83. The van der Waals surface area contributed by atoms with Gasteiger partial charge < -0.3 is 14.9 Å². The van der Waals surface area contributed by atoms with Gasteiger partial charge in [-0.15, -0.1) is 0 Å². The minimum atomic E-state index is -1.12. The van der Waals surface area contributed by atoms with E-state index in [9.17, 15) is 9.59 Å².